The highest BCUT2D eigenvalue weighted by molar-refractivity contribution is 5.82. The maximum atomic E-state index is 12.4. The Labute approximate surface area is 126 Å². The molecular formula is C14H26N4O3. The Hall–Kier alpha value is -1.18. The Balaban J connectivity index is 1.82. The second kappa shape index (κ2) is 7.72. The molecule has 0 radical (unpaired) electrons. The fourth-order valence-corrected chi connectivity index (χ4v) is 2.63. The minimum absolute atomic E-state index is 0.108. The van der Waals surface area contributed by atoms with E-state index in [9.17, 15) is 9.59 Å². The molecule has 2 fully saturated rings. The van der Waals surface area contributed by atoms with Crippen molar-refractivity contribution in [2.45, 2.75) is 12.5 Å². The van der Waals surface area contributed by atoms with E-state index in [1.165, 1.54) is 0 Å². The van der Waals surface area contributed by atoms with Crippen LogP contribution >= 0.6 is 0 Å². The predicted molar refractivity (Wildman–Crippen MR) is 78.9 cm³/mol. The van der Waals surface area contributed by atoms with Crippen LogP contribution in [0, 0.1) is 0 Å². The van der Waals surface area contributed by atoms with Crippen LogP contribution in [-0.2, 0) is 14.3 Å². The van der Waals surface area contributed by atoms with E-state index in [1.807, 2.05) is 4.90 Å². The molecule has 1 atom stereocenters. The summed E-state index contributed by atoms with van der Waals surface area (Å²) in [6, 6.07) is -0.214. The van der Waals surface area contributed by atoms with Gasteiger partial charge in [0.2, 0.25) is 11.8 Å². The van der Waals surface area contributed by atoms with Gasteiger partial charge in [0, 0.05) is 46.8 Å². The summed E-state index contributed by atoms with van der Waals surface area (Å²) in [6.45, 7) is 5.33. The first-order chi connectivity index (χ1) is 10.1. The zero-order chi connectivity index (χ0) is 15.2. The lowest BCUT2D eigenvalue weighted by Gasteiger charge is -2.29. The number of hydrogen-bond donors (Lipinski definition) is 1. The average molecular weight is 298 g/mol. The van der Waals surface area contributed by atoms with Crippen LogP contribution < -0.4 is 5.32 Å². The van der Waals surface area contributed by atoms with Gasteiger partial charge in [-0.3, -0.25) is 14.5 Å². The summed E-state index contributed by atoms with van der Waals surface area (Å²) in [7, 11) is 3.54. The summed E-state index contributed by atoms with van der Waals surface area (Å²) < 4.78 is 5.35. The quantitative estimate of drug-likeness (QED) is 0.694. The van der Waals surface area contributed by atoms with E-state index in [1.54, 1.807) is 19.0 Å². The summed E-state index contributed by atoms with van der Waals surface area (Å²) in [5, 5.41) is 3.20. The number of rotatable bonds is 3. The third kappa shape index (κ3) is 4.66. The molecule has 2 heterocycles. The third-order valence-electron chi connectivity index (χ3n) is 3.98. The molecule has 7 heteroatoms. The van der Waals surface area contributed by atoms with Gasteiger partial charge in [0.1, 0.15) is 6.04 Å². The fraction of sp³-hybridized carbons (Fsp3) is 0.857. The molecule has 1 N–H and O–H groups in total. The zero-order valence-corrected chi connectivity index (χ0v) is 13.0. The molecule has 7 nitrogen and oxygen atoms in total. The van der Waals surface area contributed by atoms with E-state index in [4.69, 9.17) is 4.74 Å². The van der Waals surface area contributed by atoms with Crippen LogP contribution in [0.2, 0.25) is 0 Å². The SMILES string of the molecule is CN(C)C(=O)CN1CCCN(C(=O)C2COCCN2)CC1. The monoisotopic (exact) mass is 298 g/mol. The third-order valence-corrected chi connectivity index (χ3v) is 3.98. The van der Waals surface area contributed by atoms with Crippen LogP contribution in [0.25, 0.3) is 0 Å². The summed E-state index contributed by atoms with van der Waals surface area (Å²) in [4.78, 5) is 29.8. The number of likely N-dealkylation sites (N-methyl/N-ethyl adjacent to an activating group) is 1. The van der Waals surface area contributed by atoms with E-state index in [-0.39, 0.29) is 17.9 Å². The maximum absolute atomic E-state index is 12.4. The Kier molecular flexibility index (Phi) is 5.96. The molecule has 0 aromatic heterocycles. The van der Waals surface area contributed by atoms with Crippen molar-refractivity contribution in [3.8, 4) is 0 Å². The number of ether oxygens (including phenoxy) is 1. The number of morpholine rings is 1. The highest BCUT2D eigenvalue weighted by atomic mass is 16.5. The van der Waals surface area contributed by atoms with E-state index >= 15 is 0 Å². The Morgan fingerprint density at radius 1 is 1.24 bits per heavy atom. The molecule has 0 spiro atoms. The average Bonchev–Trinajstić information content (AvgIpc) is 2.73. The molecule has 0 aliphatic carbocycles. The first-order valence-electron chi connectivity index (χ1n) is 7.60. The van der Waals surface area contributed by atoms with Crippen molar-refractivity contribution in [1.82, 2.24) is 20.0 Å². The van der Waals surface area contributed by atoms with Crippen molar-refractivity contribution in [3.63, 3.8) is 0 Å². The van der Waals surface area contributed by atoms with Crippen molar-refractivity contribution >= 4 is 11.8 Å². The van der Waals surface area contributed by atoms with Crippen molar-refractivity contribution in [3.05, 3.63) is 0 Å². The molecule has 0 aromatic carbocycles. The van der Waals surface area contributed by atoms with Gasteiger partial charge in [0.25, 0.3) is 0 Å². The highest BCUT2D eigenvalue weighted by Crippen LogP contribution is 2.07. The van der Waals surface area contributed by atoms with Gasteiger partial charge in [-0.2, -0.15) is 0 Å². The molecule has 1 unspecified atom stereocenters. The maximum Gasteiger partial charge on any atom is 0.242 e. The Morgan fingerprint density at radius 3 is 2.71 bits per heavy atom. The Bertz CT molecular complexity index is 369. The predicted octanol–water partition coefficient (Wildman–Crippen LogP) is -1.40. The van der Waals surface area contributed by atoms with Gasteiger partial charge in [0.15, 0.2) is 0 Å². The number of amides is 2. The molecule has 2 aliphatic heterocycles. The van der Waals surface area contributed by atoms with E-state index in [0.29, 0.717) is 26.3 Å². The van der Waals surface area contributed by atoms with Gasteiger partial charge in [-0.25, -0.2) is 0 Å². The summed E-state index contributed by atoms with van der Waals surface area (Å²) in [5.74, 6) is 0.229. The Morgan fingerprint density at radius 2 is 2.05 bits per heavy atom. The molecule has 120 valence electrons. The van der Waals surface area contributed by atoms with Gasteiger partial charge in [-0.05, 0) is 6.42 Å². The van der Waals surface area contributed by atoms with Crippen molar-refractivity contribution in [2.75, 3.05) is 66.6 Å². The first kappa shape index (κ1) is 16.2. The van der Waals surface area contributed by atoms with Crippen LogP contribution in [0.3, 0.4) is 0 Å². The van der Waals surface area contributed by atoms with Crippen LogP contribution in [0.5, 0.6) is 0 Å². The molecule has 0 bridgehead atoms. The van der Waals surface area contributed by atoms with Gasteiger partial charge in [0.05, 0.1) is 19.8 Å². The number of carbonyl (C=O) groups excluding carboxylic acids is 2. The summed E-state index contributed by atoms with van der Waals surface area (Å²) in [5.41, 5.74) is 0. The van der Waals surface area contributed by atoms with Gasteiger partial charge in [-0.15, -0.1) is 0 Å². The number of nitrogens with one attached hydrogen (secondary N) is 1. The number of nitrogens with zero attached hydrogens (tertiary/aromatic N) is 3. The van der Waals surface area contributed by atoms with Gasteiger partial charge >= 0.3 is 0 Å². The van der Waals surface area contributed by atoms with E-state index in [0.717, 1.165) is 32.6 Å². The van der Waals surface area contributed by atoms with E-state index < -0.39 is 0 Å². The molecule has 21 heavy (non-hydrogen) atoms. The zero-order valence-electron chi connectivity index (χ0n) is 13.0. The van der Waals surface area contributed by atoms with Crippen molar-refractivity contribution < 1.29 is 14.3 Å². The molecular weight excluding hydrogens is 272 g/mol. The summed E-state index contributed by atoms with van der Waals surface area (Å²) >= 11 is 0. The molecule has 2 aliphatic rings. The van der Waals surface area contributed by atoms with Crippen molar-refractivity contribution in [1.29, 1.82) is 0 Å². The second-order valence-electron chi connectivity index (χ2n) is 5.82. The fourth-order valence-electron chi connectivity index (χ4n) is 2.63. The molecule has 2 saturated heterocycles. The lowest BCUT2D eigenvalue weighted by atomic mass is 10.2. The topological polar surface area (TPSA) is 65.1 Å². The van der Waals surface area contributed by atoms with Crippen molar-refractivity contribution in [2.24, 2.45) is 0 Å². The van der Waals surface area contributed by atoms with Crippen LogP contribution in [0.15, 0.2) is 0 Å². The molecule has 2 rings (SSSR count). The molecule has 0 saturated carbocycles. The molecule has 0 aromatic rings. The minimum atomic E-state index is -0.214. The normalized spacial score (nSPS) is 24.5. The summed E-state index contributed by atoms with van der Waals surface area (Å²) in [6.07, 6.45) is 0.903. The van der Waals surface area contributed by atoms with Gasteiger partial charge < -0.3 is 19.9 Å². The number of hydrogen-bond acceptors (Lipinski definition) is 5. The van der Waals surface area contributed by atoms with Gasteiger partial charge in [-0.1, -0.05) is 0 Å². The largest absolute Gasteiger partial charge is 0.378 e. The van der Waals surface area contributed by atoms with Crippen LogP contribution in [-0.4, -0.2) is 99.1 Å². The van der Waals surface area contributed by atoms with Crippen LogP contribution in [0.1, 0.15) is 6.42 Å². The second-order valence-corrected chi connectivity index (χ2v) is 5.82. The first-order valence-corrected chi connectivity index (χ1v) is 7.60. The number of carbonyl (C=O) groups is 2. The van der Waals surface area contributed by atoms with E-state index in [2.05, 4.69) is 10.2 Å². The lowest BCUT2D eigenvalue weighted by Crippen LogP contribution is -2.53. The smallest absolute Gasteiger partial charge is 0.242 e. The lowest BCUT2D eigenvalue weighted by molar-refractivity contribution is -0.136. The minimum Gasteiger partial charge on any atom is -0.378 e. The highest BCUT2D eigenvalue weighted by Gasteiger charge is 2.28. The van der Waals surface area contributed by atoms with Crippen LogP contribution in [0.4, 0.5) is 0 Å². The molecule has 2 amide bonds. The standard InChI is InChI=1S/C14H26N4O3/c1-16(2)13(19)10-17-5-3-6-18(8-7-17)14(20)12-11-21-9-4-15-12/h12,15H,3-11H2,1-2H3.